The van der Waals surface area contributed by atoms with Gasteiger partial charge in [-0.1, -0.05) is 29.3 Å². The van der Waals surface area contributed by atoms with Gasteiger partial charge in [-0.3, -0.25) is 4.79 Å². The molecule has 2 aromatic carbocycles. The molecule has 0 bridgehead atoms. The Balaban J connectivity index is 1.83. The van der Waals surface area contributed by atoms with E-state index in [9.17, 15) is 13.2 Å². The molecule has 2 aromatic rings. The summed E-state index contributed by atoms with van der Waals surface area (Å²) in [4.78, 5) is 12.5. The predicted octanol–water partition coefficient (Wildman–Crippen LogP) is 4.03. The SMILES string of the molecule is O=C(Nc1ccc(Cl)c(Cl)c1)c1cccc(S(=O)(=O)N2CCCC2)c1. The number of sulfonamides is 1. The fourth-order valence-electron chi connectivity index (χ4n) is 2.65. The Morgan fingerprint density at radius 1 is 1.00 bits per heavy atom. The second-order valence-corrected chi connectivity index (χ2v) is 8.47. The Hall–Kier alpha value is -1.60. The zero-order chi connectivity index (χ0) is 18.0. The molecule has 1 heterocycles. The number of nitrogens with one attached hydrogen (secondary N) is 1. The van der Waals surface area contributed by atoms with Crippen LogP contribution in [0.3, 0.4) is 0 Å². The second kappa shape index (κ2) is 7.33. The Bertz CT molecular complexity index is 910. The molecule has 1 aliphatic heterocycles. The zero-order valence-electron chi connectivity index (χ0n) is 13.2. The standard InChI is InChI=1S/C17H16Cl2N2O3S/c18-15-7-6-13(11-16(15)19)20-17(22)12-4-3-5-14(10-12)25(23,24)21-8-1-2-9-21/h3-7,10-11H,1-2,8-9H2,(H,20,22). The van der Waals surface area contributed by atoms with Crippen molar-refractivity contribution < 1.29 is 13.2 Å². The summed E-state index contributed by atoms with van der Waals surface area (Å²) >= 11 is 11.8. The molecular formula is C17H16Cl2N2O3S. The summed E-state index contributed by atoms with van der Waals surface area (Å²) in [5.74, 6) is -0.420. The van der Waals surface area contributed by atoms with Crippen molar-refractivity contribution in [3.63, 3.8) is 0 Å². The zero-order valence-corrected chi connectivity index (χ0v) is 15.5. The average molecular weight is 399 g/mol. The first-order valence-electron chi connectivity index (χ1n) is 7.74. The molecule has 0 aliphatic carbocycles. The molecule has 1 amide bonds. The Morgan fingerprint density at radius 3 is 2.40 bits per heavy atom. The first-order valence-corrected chi connectivity index (χ1v) is 9.94. The third-order valence-electron chi connectivity index (χ3n) is 3.98. The fraction of sp³-hybridized carbons (Fsp3) is 0.235. The number of halogens is 2. The van der Waals surface area contributed by atoms with Crippen LogP contribution in [0.2, 0.25) is 10.0 Å². The minimum atomic E-state index is -3.57. The van der Waals surface area contributed by atoms with Gasteiger partial charge in [0, 0.05) is 24.3 Å². The number of hydrogen-bond donors (Lipinski definition) is 1. The van der Waals surface area contributed by atoms with E-state index in [1.54, 1.807) is 24.3 Å². The number of carbonyl (C=O) groups excluding carboxylic acids is 1. The first kappa shape index (κ1) is 18.2. The van der Waals surface area contributed by atoms with Crippen LogP contribution in [-0.2, 0) is 10.0 Å². The molecule has 0 unspecified atom stereocenters. The molecule has 0 spiro atoms. The molecule has 8 heteroatoms. The van der Waals surface area contributed by atoms with Crippen molar-refractivity contribution >= 4 is 44.8 Å². The van der Waals surface area contributed by atoms with E-state index in [0.29, 0.717) is 28.8 Å². The van der Waals surface area contributed by atoms with Gasteiger partial charge in [-0.05, 0) is 49.2 Å². The van der Waals surface area contributed by atoms with Gasteiger partial charge in [0.15, 0.2) is 0 Å². The molecule has 1 saturated heterocycles. The average Bonchev–Trinajstić information content (AvgIpc) is 3.14. The molecular weight excluding hydrogens is 383 g/mol. The number of carbonyl (C=O) groups is 1. The summed E-state index contributed by atoms with van der Waals surface area (Å²) < 4.78 is 26.7. The summed E-state index contributed by atoms with van der Waals surface area (Å²) in [6.07, 6.45) is 1.72. The van der Waals surface area contributed by atoms with Gasteiger partial charge in [-0.15, -0.1) is 0 Å². The van der Waals surface area contributed by atoms with Crippen LogP contribution in [0.15, 0.2) is 47.4 Å². The molecule has 3 rings (SSSR count). The molecule has 1 aliphatic rings. The third kappa shape index (κ3) is 3.98. The van der Waals surface area contributed by atoms with E-state index in [4.69, 9.17) is 23.2 Å². The summed E-state index contributed by atoms with van der Waals surface area (Å²) in [5.41, 5.74) is 0.735. The van der Waals surface area contributed by atoms with E-state index in [1.807, 2.05) is 0 Å². The van der Waals surface area contributed by atoms with E-state index >= 15 is 0 Å². The van der Waals surface area contributed by atoms with Crippen molar-refractivity contribution in [2.75, 3.05) is 18.4 Å². The van der Waals surface area contributed by atoms with E-state index in [0.717, 1.165) is 12.8 Å². The lowest BCUT2D eigenvalue weighted by Crippen LogP contribution is -2.28. The van der Waals surface area contributed by atoms with Gasteiger partial charge in [-0.25, -0.2) is 8.42 Å². The summed E-state index contributed by atoms with van der Waals surface area (Å²) in [7, 11) is -3.57. The number of amides is 1. The molecule has 0 aromatic heterocycles. The highest BCUT2D eigenvalue weighted by Crippen LogP contribution is 2.26. The van der Waals surface area contributed by atoms with Gasteiger partial charge < -0.3 is 5.32 Å². The van der Waals surface area contributed by atoms with E-state index < -0.39 is 15.9 Å². The first-order chi connectivity index (χ1) is 11.9. The van der Waals surface area contributed by atoms with Crippen molar-refractivity contribution in [1.29, 1.82) is 0 Å². The second-order valence-electron chi connectivity index (χ2n) is 5.72. The fourth-order valence-corrected chi connectivity index (χ4v) is 4.51. The topological polar surface area (TPSA) is 66.5 Å². The minimum absolute atomic E-state index is 0.121. The highest BCUT2D eigenvalue weighted by atomic mass is 35.5. The molecule has 1 fully saturated rings. The van der Waals surface area contributed by atoms with E-state index in [-0.39, 0.29) is 10.5 Å². The number of hydrogen-bond acceptors (Lipinski definition) is 3. The quantitative estimate of drug-likeness (QED) is 0.844. The van der Waals surface area contributed by atoms with Crippen LogP contribution >= 0.6 is 23.2 Å². The van der Waals surface area contributed by atoms with E-state index in [1.165, 1.54) is 22.5 Å². The van der Waals surface area contributed by atoms with Crippen molar-refractivity contribution in [3.8, 4) is 0 Å². The normalized spacial score (nSPS) is 15.3. The lowest BCUT2D eigenvalue weighted by molar-refractivity contribution is 0.102. The van der Waals surface area contributed by atoms with Gasteiger partial charge in [0.05, 0.1) is 14.9 Å². The van der Waals surface area contributed by atoms with Crippen molar-refractivity contribution in [3.05, 3.63) is 58.1 Å². The van der Waals surface area contributed by atoms with Gasteiger partial charge >= 0.3 is 0 Å². The van der Waals surface area contributed by atoms with Gasteiger partial charge in [0.2, 0.25) is 10.0 Å². The van der Waals surface area contributed by atoms with Gasteiger partial charge in [0.25, 0.3) is 5.91 Å². The van der Waals surface area contributed by atoms with Crippen molar-refractivity contribution in [1.82, 2.24) is 4.31 Å². The van der Waals surface area contributed by atoms with Crippen LogP contribution in [-0.4, -0.2) is 31.7 Å². The van der Waals surface area contributed by atoms with E-state index in [2.05, 4.69) is 5.32 Å². The molecule has 5 nitrogen and oxygen atoms in total. The lowest BCUT2D eigenvalue weighted by atomic mass is 10.2. The highest BCUT2D eigenvalue weighted by Gasteiger charge is 2.27. The van der Waals surface area contributed by atoms with Gasteiger partial charge in [0.1, 0.15) is 0 Å². The number of rotatable bonds is 4. The maximum atomic E-state index is 12.6. The maximum Gasteiger partial charge on any atom is 0.255 e. The Kier molecular flexibility index (Phi) is 5.34. The van der Waals surface area contributed by atoms with Crippen LogP contribution in [0.4, 0.5) is 5.69 Å². The Morgan fingerprint density at radius 2 is 1.72 bits per heavy atom. The van der Waals surface area contributed by atoms with Crippen LogP contribution in [0.5, 0.6) is 0 Å². The minimum Gasteiger partial charge on any atom is -0.322 e. The lowest BCUT2D eigenvalue weighted by Gasteiger charge is -2.16. The summed E-state index contributed by atoms with van der Waals surface area (Å²) in [5, 5.41) is 3.40. The van der Waals surface area contributed by atoms with Crippen LogP contribution < -0.4 is 5.32 Å². The van der Waals surface area contributed by atoms with Gasteiger partial charge in [-0.2, -0.15) is 4.31 Å². The summed E-state index contributed by atoms with van der Waals surface area (Å²) in [6.45, 7) is 1.03. The molecule has 0 atom stereocenters. The highest BCUT2D eigenvalue weighted by molar-refractivity contribution is 7.89. The monoisotopic (exact) mass is 398 g/mol. The number of nitrogens with zero attached hydrogens (tertiary/aromatic N) is 1. The van der Waals surface area contributed by atoms with Crippen LogP contribution in [0, 0.1) is 0 Å². The van der Waals surface area contributed by atoms with Crippen LogP contribution in [0.1, 0.15) is 23.2 Å². The number of anilines is 1. The molecule has 25 heavy (non-hydrogen) atoms. The summed E-state index contributed by atoms with van der Waals surface area (Å²) in [6, 6.07) is 10.8. The molecule has 1 N–H and O–H groups in total. The van der Waals surface area contributed by atoms with Crippen molar-refractivity contribution in [2.24, 2.45) is 0 Å². The molecule has 0 radical (unpaired) electrons. The third-order valence-corrected chi connectivity index (χ3v) is 6.61. The Labute approximate surface area is 156 Å². The van der Waals surface area contributed by atoms with Crippen molar-refractivity contribution in [2.45, 2.75) is 17.7 Å². The molecule has 132 valence electrons. The number of benzene rings is 2. The largest absolute Gasteiger partial charge is 0.322 e. The maximum absolute atomic E-state index is 12.6. The smallest absolute Gasteiger partial charge is 0.255 e. The molecule has 0 saturated carbocycles. The van der Waals surface area contributed by atoms with Crippen LogP contribution in [0.25, 0.3) is 0 Å². The predicted molar refractivity (Wildman–Crippen MR) is 98.9 cm³/mol.